The summed E-state index contributed by atoms with van der Waals surface area (Å²) in [6.07, 6.45) is 6.64. The summed E-state index contributed by atoms with van der Waals surface area (Å²) in [5.41, 5.74) is 0. The van der Waals surface area contributed by atoms with Gasteiger partial charge in [0.25, 0.3) is 0 Å². The van der Waals surface area contributed by atoms with E-state index in [0.29, 0.717) is 6.61 Å². The highest BCUT2D eigenvalue weighted by Crippen LogP contribution is 1.78. The summed E-state index contributed by atoms with van der Waals surface area (Å²) in [4.78, 5) is 0. The van der Waals surface area contributed by atoms with Crippen LogP contribution in [-0.4, -0.2) is 11.7 Å². The van der Waals surface area contributed by atoms with Crippen LogP contribution in [0.15, 0.2) is 0 Å². The predicted molar refractivity (Wildman–Crippen MR) is 36.5 cm³/mol. The molecule has 0 aromatic heterocycles. The van der Waals surface area contributed by atoms with Crippen molar-refractivity contribution < 1.29 is 5.11 Å². The van der Waals surface area contributed by atoms with Crippen LogP contribution in [0.3, 0.4) is 0 Å². The monoisotopic (exact) mass is 114 g/mol. The molecule has 0 aliphatic rings. The van der Waals surface area contributed by atoms with Gasteiger partial charge < -0.3 is 5.11 Å². The number of hydrogen-bond acceptors (Lipinski definition) is 1. The van der Waals surface area contributed by atoms with E-state index >= 15 is 0 Å². The average molecular weight is 114 g/mol. The Morgan fingerprint density at radius 3 is 2.00 bits per heavy atom. The van der Waals surface area contributed by atoms with Crippen molar-refractivity contribution >= 4 is 0 Å². The molecular formula is C7H14O. The summed E-state index contributed by atoms with van der Waals surface area (Å²) in [5.74, 6) is 2.25. The zero-order valence-electron chi connectivity index (χ0n) is 5.65. The largest absolute Gasteiger partial charge is 0.396 e. The van der Waals surface area contributed by atoms with Gasteiger partial charge in [0.2, 0.25) is 0 Å². The first-order valence-corrected chi connectivity index (χ1v) is 2.81. The number of unbranched alkanes of at least 4 members (excludes halogenated alkanes) is 1. The second-order valence-corrected chi connectivity index (χ2v) is 1.37. The molecule has 1 nitrogen and oxygen atoms in total. The number of terminal acetylenes is 1. The Bertz CT molecular complexity index is 49.9. The number of hydrogen-bond donors (Lipinski definition) is 1. The Labute approximate surface area is 51.7 Å². The van der Waals surface area contributed by atoms with E-state index in [2.05, 4.69) is 19.3 Å². The molecule has 0 radical (unpaired) electrons. The highest BCUT2D eigenvalue weighted by Gasteiger charge is 1.69. The lowest BCUT2D eigenvalue weighted by molar-refractivity contribution is 0.287. The topological polar surface area (TPSA) is 20.2 Å². The summed E-state index contributed by atoms with van der Waals surface area (Å²) < 4.78 is 0. The van der Waals surface area contributed by atoms with Gasteiger partial charge in [-0.3, -0.25) is 0 Å². The fourth-order valence-corrected chi connectivity index (χ4v) is 0.158. The van der Waals surface area contributed by atoms with Crippen molar-refractivity contribution in [3.05, 3.63) is 0 Å². The van der Waals surface area contributed by atoms with Crippen LogP contribution < -0.4 is 0 Å². The normalized spacial score (nSPS) is 6.25. The molecule has 0 heterocycles. The van der Waals surface area contributed by atoms with Crippen LogP contribution in [-0.2, 0) is 0 Å². The third-order valence-electron chi connectivity index (χ3n) is 0.512. The van der Waals surface area contributed by atoms with Gasteiger partial charge in [0.05, 0.1) is 0 Å². The minimum absolute atomic E-state index is 0.344. The second-order valence-electron chi connectivity index (χ2n) is 1.37. The quantitative estimate of drug-likeness (QED) is 0.538. The van der Waals surface area contributed by atoms with Gasteiger partial charge in [0, 0.05) is 6.61 Å². The fourth-order valence-electron chi connectivity index (χ4n) is 0.158. The van der Waals surface area contributed by atoms with E-state index in [1.807, 2.05) is 0 Å². The van der Waals surface area contributed by atoms with Crippen molar-refractivity contribution in [2.75, 3.05) is 6.61 Å². The first kappa shape index (κ1) is 10.5. The van der Waals surface area contributed by atoms with Gasteiger partial charge in [0.15, 0.2) is 0 Å². The summed E-state index contributed by atoms with van der Waals surface area (Å²) in [5, 5.41) is 8.07. The Kier molecular flexibility index (Phi) is 21.0. The van der Waals surface area contributed by atoms with Gasteiger partial charge in [-0.25, -0.2) is 0 Å². The van der Waals surface area contributed by atoms with Crippen LogP contribution in [0, 0.1) is 12.3 Å². The van der Waals surface area contributed by atoms with Gasteiger partial charge in [-0.05, 0) is 13.3 Å². The molecule has 1 heteroatoms. The molecule has 0 unspecified atom stereocenters. The highest BCUT2D eigenvalue weighted by molar-refractivity contribution is 4.73. The third-order valence-corrected chi connectivity index (χ3v) is 0.512. The van der Waals surface area contributed by atoms with E-state index in [-0.39, 0.29) is 0 Å². The molecule has 0 atom stereocenters. The Balaban J connectivity index is 0. The molecule has 0 aromatic rings. The van der Waals surface area contributed by atoms with Crippen LogP contribution in [0.5, 0.6) is 0 Å². The minimum Gasteiger partial charge on any atom is -0.396 e. The molecule has 0 aromatic carbocycles. The molecule has 1 N–H and O–H groups in total. The molecule has 0 bridgehead atoms. The van der Waals surface area contributed by atoms with Crippen molar-refractivity contribution in [3.63, 3.8) is 0 Å². The van der Waals surface area contributed by atoms with Crippen LogP contribution >= 0.6 is 0 Å². The maximum Gasteiger partial charge on any atom is 0.0430 e. The molecule has 0 aliphatic carbocycles. The van der Waals surface area contributed by atoms with Crippen molar-refractivity contribution in [2.45, 2.75) is 26.7 Å². The van der Waals surface area contributed by atoms with E-state index in [0.717, 1.165) is 12.8 Å². The summed E-state index contributed by atoms with van der Waals surface area (Å²) in [6, 6.07) is 0. The van der Waals surface area contributed by atoms with Crippen molar-refractivity contribution in [3.8, 4) is 12.3 Å². The number of aliphatic hydroxyl groups excluding tert-OH is 1. The minimum atomic E-state index is 0.344. The molecule has 0 fully saturated rings. The van der Waals surface area contributed by atoms with E-state index in [4.69, 9.17) is 5.11 Å². The molecule has 0 amide bonds. The van der Waals surface area contributed by atoms with Crippen LogP contribution in [0.2, 0.25) is 0 Å². The van der Waals surface area contributed by atoms with Gasteiger partial charge in [0.1, 0.15) is 0 Å². The Hall–Kier alpha value is -0.480. The Morgan fingerprint density at radius 2 is 2.00 bits per heavy atom. The van der Waals surface area contributed by atoms with Crippen molar-refractivity contribution in [1.29, 1.82) is 0 Å². The van der Waals surface area contributed by atoms with Crippen LogP contribution in [0.25, 0.3) is 0 Å². The van der Waals surface area contributed by atoms with Crippen LogP contribution in [0.4, 0.5) is 0 Å². The van der Waals surface area contributed by atoms with Crippen molar-refractivity contribution in [1.82, 2.24) is 0 Å². The molecule has 0 rings (SSSR count). The zero-order valence-corrected chi connectivity index (χ0v) is 5.65. The maximum absolute atomic E-state index is 8.07. The third kappa shape index (κ3) is 48.8. The lowest BCUT2D eigenvalue weighted by Crippen LogP contribution is -1.75. The lowest BCUT2D eigenvalue weighted by Gasteiger charge is -1.79. The molecule has 0 aliphatic heterocycles. The molecule has 8 heavy (non-hydrogen) atoms. The molecule has 0 saturated carbocycles. The summed E-state index contributed by atoms with van der Waals surface area (Å²) in [6.45, 7) is 4.05. The highest BCUT2D eigenvalue weighted by atomic mass is 16.2. The van der Waals surface area contributed by atoms with Gasteiger partial charge in [-0.15, -0.1) is 12.3 Å². The zero-order chi connectivity index (χ0) is 6.83. The summed E-state index contributed by atoms with van der Waals surface area (Å²) in [7, 11) is 0. The van der Waals surface area contributed by atoms with E-state index in [1.54, 1.807) is 6.92 Å². The number of rotatable bonds is 2. The Morgan fingerprint density at radius 1 is 1.62 bits per heavy atom. The van der Waals surface area contributed by atoms with Gasteiger partial charge in [-0.1, -0.05) is 13.3 Å². The fraction of sp³-hybridized carbons (Fsp3) is 0.714. The average Bonchev–Trinajstić information content (AvgIpc) is 1.71. The van der Waals surface area contributed by atoms with E-state index < -0.39 is 0 Å². The second kappa shape index (κ2) is 16.0. The first-order chi connectivity index (χ1) is 3.83. The SMILES string of the molecule is C#CC.CCCCO. The predicted octanol–water partition coefficient (Wildman–Crippen LogP) is 1.42. The van der Waals surface area contributed by atoms with Gasteiger partial charge >= 0.3 is 0 Å². The van der Waals surface area contributed by atoms with Crippen LogP contribution in [0.1, 0.15) is 26.7 Å². The standard InChI is InChI=1S/C4H10O.C3H4/c1-2-3-4-5;1-3-2/h5H,2-4H2,1H3;1H,2H3. The lowest BCUT2D eigenvalue weighted by atomic mass is 10.4. The van der Waals surface area contributed by atoms with Crippen molar-refractivity contribution in [2.24, 2.45) is 0 Å². The molecular weight excluding hydrogens is 100 g/mol. The van der Waals surface area contributed by atoms with Gasteiger partial charge in [-0.2, -0.15) is 0 Å². The molecule has 48 valence electrons. The first-order valence-electron chi connectivity index (χ1n) is 2.81. The number of aliphatic hydroxyl groups is 1. The van der Waals surface area contributed by atoms with E-state index in [1.165, 1.54) is 0 Å². The van der Waals surface area contributed by atoms with E-state index in [9.17, 15) is 0 Å². The molecule has 0 spiro atoms. The summed E-state index contributed by atoms with van der Waals surface area (Å²) >= 11 is 0. The smallest absolute Gasteiger partial charge is 0.0430 e. The molecule has 0 saturated heterocycles. The maximum atomic E-state index is 8.07.